The Bertz CT molecular complexity index is 749. The first-order valence-corrected chi connectivity index (χ1v) is 7.46. The van der Waals surface area contributed by atoms with Gasteiger partial charge in [0, 0.05) is 31.3 Å². The average Bonchev–Trinajstić information content (AvgIpc) is 3.06. The van der Waals surface area contributed by atoms with Gasteiger partial charge >= 0.3 is 0 Å². The highest BCUT2D eigenvalue weighted by Gasteiger charge is 2.13. The molecule has 110 valence electrons. The van der Waals surface area contributed by atoms with Crippen molar-refractivity contribution in [2.45, 2.75) is 26.3 Å². The number of nitrogens with zero attached hydrogens (tertiary/aromatic N) is 2. The number of hydrogen-bond donors (Lipinski definition) is 0. The fourth-order valence-electron chi connectivity index (χ4n) is 2.50. The first-order valence-electron chi connectivity index (χ1n) is 6.92. The zero-order valence-electron chi connectivity index (χ0n) is 11.8. The molecule has 0 amide bonds. The molecule has 0 atom stereocenters. The molecule has 3 rings (SSSR count). The Morgan fingerprint density at radius 2 is 2.19 bits per heavy atom. The maximum Gasteiger partial charge on any atom is 0.128 e. The van der Waals surface area contributed by atoms with Gasteiger partial charge < -0.3 is 8.98 Å². The highest BCUT2D eigenvalue weighted by atomic mass is 35.5. The Hall–Kier alpha value is -1.81. The monoisotopic (exact) mass is 306 g/mol. The van der Waals surface area contributed by atoms with Crippen molar-refractivity contribution in [3.8, 4) is 0 Å². The van der Waals surface area contributed by atoms with Gasteiger partial charge in [-0.05, 0) is 30.7 Å². The third-order valence-electron chi connectivity index (χ3n) is 3.59. The molecule has 0 fully saturated rings. The first-order chi connectivity index (χ1) is 10.2. The van der Waals surface area contributed by atoms with Crippen molar-refractivity contribution in [3.05, 3.63) is 53.5 Å². The molecule has 5 heteroatoms. The van der Waals surface area contributed by atoms with E-state index in [1.165, 1.54) is 6.07 Å². The fourth-order valence-corrected chi connectivity index (χ4v) is 2.67. The number of rotatable bonds is 5. The second kappa shape index (κ2) is 5.90. The van der Waals surface area contributed by atoms with Crippen molar-refractivity contribution in [1.29, 1.82) is 0 Å². The van der Waals surface area contributed by atoms with Gasteiger partial charge in [0.1, 0.15) is 17.4 Å². The maximum atomic E-state index is 13.7. The molecule has 0 aliphatic heterocycles. The number of benzene rings is 1. The standard InChI is InChI=1S/C16H16ClFN2O/c1-11-9-15-14(10-13(11)18)19-16(4-6-17)20(15)7-5-12-3-2-8-21-12/h2-3,8-10H,4-7H2,1H3. The number of imidazole rings is 1. The molecule has 2 heterocycles. The minimum absolute atomic E-state index is 0.226. The summed E-state index contributed by atoms with van der Waals surface area (Å²) in [5.74, 6) is 2.07. The van der Waals surface area contributed by atoms with Crippen molar-refractivity contribution in [2.75, 3.05) is 5.88 Å². The predicted molar refractivity (Wildman–Crippen MR) is 81.3 cm³/mol. The van der Waals surface area contributed by atoms with Crippen LogP contribution in [0.3, 0.4) is 0 Å². The van der Waals surface area contributed by atoms with E-state index in [1.807, 2.05) is 18.2 Å². The van der Waals surface area contributed by atoms with Crippen LogP contribution in [0, 0.1) is 12.7 Å². The molecule has 21 heavy (non-hydrogen) atoms. The van der Waals surface area contributed by atoms with Crippen molar-refractivity contribution < 1.29 is 8.81 Å². The Morgan fingerprint density at radius 3 is 2.90 bits per heavy atom. The fraction of sp³-hybridized carbons (Fsp3) is 0.312. The van der Waals surface area contributed by atoms with Crippen molar-refractivity contribution >= 4 is 22.6 Å². The second-order valence-corrected chi connectivity index (χ2v) is 5.42. The van der Waals surface area contributed by atoms with E-state index in [9.17, 15) is 4.39 Å². The molecule has 3 aromatic rings. The summed E-state index contributed by atoms with van der Waals surface area (Å²) in [6.45, 7) is 2.50. The van der Waals surface area contributed by atoms with Gasteiger partial charge in [0.05, 0.1) is 17.3 Å². The lowest BCUT2D eigenvalue weighted by atomic mass is 10.2. The lowest BCUT2D eigenvalue weighted by Gasteiger charge is -2.08. The molecule has 0 saturated carbocycles. The second-order valence-electron chi connectivity index (χ2n) is 5.04. The average molecular weight is 307 g/mol. The van der Waals surface area contributed by atoms with E-state index in [0.29, 0.717) is 23.4 Å². The SMILES string of the molecule is Cc1cc2c(cc1F)nc(CCCl)n2CCc1ccco1. The molecule has 0 saturated heterocycles. The van der Waals surface area contributed by atoms with E-state index in [0.717, 1.165) is 30.1 Å². The van der Waals surface area contributed by atoms with Gasteiger partial charge in [-0.3, -0.25) is 0 Å². The topological polar surface area (TPSA) is 31.0 Å². The summed E-state index contributed by atoms with van der Waals surface area (Å²) in [5, 5.41) is 0. The van der Waals surface area contributed by atoms with Crippen molar-refractivity contribution in [3.63, 3.8) is 0 Å². The molecule has 0 spiro atoms. The van der Waals surface area contributed by atoms with E-state index in [2.05, 4.69) is 9.55 Å². The number of aromatic nitrogens is 2. The maximum absolute atomic E-state index is 13.7. The molecule has 0 N–H and O–H groups in total. The zero-order chi connectivity index (χ0) is 14.8. The van der Waals surface area contributed by atoms with Gasteiger partial charge in [0.25, 0.3) is 0 Å². The Morgan fingerprint density at radius 1 is 1.33 bits per heavy atom. The lowest BCUT2D eigenvalue weighted by Crippen LogP contribution is -2.07. The van der Waals surface area contributed by atoms with Gasteiger partial charge in [-0.1, -0.05) is 0 Å². The lowest BCUT2D eigenvalue weighted by molar-refractivity contribution is 0.490. The number of halogens is 2. The first kappa shape index (κ1) is 14.1. The summed E-state index contributed by atoms with van der Waals surface area (Å²) in [6, 6.07) is 7.16. The van der Waals surface area contributed by atoms with Crippen LogP contribution < -0.4 is 0 Å². The molecular formula is C16H16ClFN2O. The minimum Gasteiger partial charge on any atom is -0.469 e. The van der Waals surface area contributed by atoms with Gasteiger partial charge in [-0.15, -0.1) is 11.6 Å². The van der Waals surface area contributed by atoms with E-state index < -0.39 is 0 Å². The highest BCUT2D eigenvalue weighted by Crippen LogP contribution is 2.21. The van der Waals surface area contributed by atoms with Crippen LogP contribution in [0.1, 0.15) is 17.1 Å². The normalized spacial score (nSPS) is 11.4. The summed E-state index contributed by atoms with van der Waals surface area (Å²) in [4.78, 5) is 4.51. The number of fused-ring (bicyclic) bond motifs is 1. The third kappa shape index (κ3) is 2.81. The van der Waals surface area contributed by atoms with Crippen LogP contribution in [0.2, 0.25) is 0 Å². The predicted octanol–water partition coefficient (Wildman–Crippen LogP) is 4.10. The van der Waals surface area contributed by atoms with E-state index in [-0.39, 0.29) is 5.82 Å². The summed E-state index contributed by atoms with van der Waals surface area (Å²) in [6.07, 6.45) is 3.10. The van der Waals surface area contributed by atoms with Crippen LogP contribution in [0.4, 0.5) is 4.39 Å². The Kier molecular flexibility index (Phi) is 3.97. The molecule has 0 bridgehead atoms. The van der Waals surface area contributed by atoms with Gasteiger partial charge in [0.15, 0.2) is 0 Å². The van der Waals surface area contributed by atoms with E-state index in [1.54, 1.807) is 13.2 Å². The molecular weight excluding hydrogens is 291 g/mol. The van der Waals surface area contributed by atoms with Gasteiger partial charge in [-0.2, -0.15) is 0 Å². The zero-order valence-corrected chi connectivity index (χ0v) is 12.5. The van der Waals surface area contributed by atoms with Crippen LogP contribution in [-0.4, -0.2) is 15.4 Å². The smallest absolute Gasteiger partial charge is 0.128 e. The quantitative estimate of drug-likeness (QED) is 0.664. The van der Waals surface area contributed by atoms with Crippen LogP contribution >= 0.6 is 11.6 Å². The largest absolute Gasteiger partial charge is 0.469 e. The van der Waals surface area contributed by atoms with Crippen LogP contribution in [0.15, 0.2) is 34.9 Å². The number of aryl methyl sites for hydroxylation is 4. The minimum atomic E-state index is -0.226. The van der Waals surface area contributed by atoms with Crippen molar-refractivity contribution in [1.82, 2.24) is 9.55 Å². The summed E-state index contributed by atoms with van der Waals surface area (Å²) >= 11 is 5.85. The van der Waals surface area contributed by atoms with Gasteiger partial charge in [-0.25, -0.2) is 9.37 Å². The molecule has 0 radical (unpaired) electrons. The Labute approximate surface area is 127 Å². The third-order valence-corrected chi connectivity index (χ3v) is 3.78. The summed E-state index contributed by atoms with van der Waals surface area (Å²) in [7, 11) is 0. The van der Waals surface area contributed by atoms with Crippen LogP contribution in [0.25, 0.3) is 11.0 Å². The van der Waals surface area contributed by atoms with E-state index >= 15 is 0 Å². The van der Waals surface area contributed by atoms with Crippen molar-refractivity contribution in [2.24, 2.45) is 0 Å². The molecule has 0 aliphatic rings. The number of hydrogen-bond acceptors (Lipinski definition) is 2. The molecule has 0 unspecified atom stereocenters. The summed E-state index contributed by atoms with van der Waals surface area (Å²) in [5.41, 5.74) is 2.25. The Balaban J connectivity index is 2.00. The molecule has 0 aliphatic carbocycles. The van der Waals surface area contributed by atoms with E-state index in [4.69, 9.17) is 16.0 Å². The molecule has 3 nitrogen and oxygen atoms in total. The molecule has 2 aromatic heterocycles. The number of alkyl halides is 1. The van der Waals surface area contributed by atoms with Crippen LogP contribution in [0.5, 0.6) is 0 Å². The molecule has 1 aromatic carbocycles. The number of furan rings is 1. The highest BCUT2D eigenvalue weighted by molar-refractivity contribution is 6.17. The van der Waals surface area contributed by atoms with Gasteiger partial charge in [0.2, 0.25) is 0 Å². The van der Waals surface area contributed by atoms with Crippen LogP contribution in [-0.2, 0) is 19.4 Å². The summed E-state index contributed by atoms with van der Waals surface area (Å²) < 4.78 is 21.2.